The predicted molar refractivity (Wildman–Crippen MR) is 130 cm³/mol. The van der Waals surface area contributed by atoms with Crippen molar-refractivity contribution in [2.75, 3.05) is 34.8 Å². The molecule has 0 radical (unpaired) electrons. The standard InChI is InChI=1S/C24H30N4O2S/c1-4-30-28(31-5-2)17-6-7-21(27-13-11-24(16-27)9-10-24)19(14-17)20-15-26(3)23(29)22-18(20)8-12-25-22/h6-8,12,14-15,25H,4-5,9-11,13,16H2,1-3H3. The van der Waals surface area contributed by atoms with E-state index in [2.05, 4.69) is 35.0 Å². The summed E-state index contributed by atoms with van der Waals surface area (Å²) in [4.78, 5) is 24.2. The molecule has 7 heteroatoms. The van der Waals surface area contributed by atoms with Gasteiger partial charge in [-0.25, -0.2) is 0 Å². The number of hydrogen-bond donors (Lipinski definition) is 1. The second kappa shape index (κ2) is 7.95. The molecule has 0 amide bonds. The molecular weight excluding hydrogens is 408 g/mol. The van der Waals surface area contributed by atoms with Crippen LogP contribution >= 0.6 is 11.9 Å². The fraction of sp³-hybridized carbons (Fsp3) is 0.458. The van der Waals surface area contributed by atoms with Gasteiger partial charge in [0.1, 0.15) is 5.52 Å². The van der Waals surface area contributed by atoms with Gasteiger partial charge in [0.05, 0.1) is 12.3 Å². The largest absolute Gasteiger partial charge is 0.370 e. The number of benzene rings is 1. The summed E-state index contributed by atoms with van der Waals surface area (Å²) in [5.41, 5.74) is 5.68. The Balaban J connectivity index is 1.68. The van der Waals surface area contributed by atoms with E-state index in [1.54, 1.807) is 16.5 Å². The molecule has 1 aliphatic heterocycles. The van der Waals surface area contributed by atoms with Gasteiger partial charge < -0.3 is 14.5 Å². The molecule has 1 aromatic carbocycles. The molecular formula is C24H30N4O2S. The summed E-state index contributed by atoms with van der Waals surface area (Å²) in [6.45, 7) is 6.96. The Bertz CT molecular complexity index is 1160. The van der Waals surface area contributed by atoms with E-state index >= 15 is 0 Å². The number of fused-ring (bicyclic) bond motifs is 1. The lowest BCUT2D eigenvalue weighted by atomic mass is 10.0. The second-order valence-corrected chi connectivity index (χ2v) is 9.86. The molecule has 164 valence electrons. The highest BCUT2D eigenvalue weighted by Gasteiger charge is 2.48. The van der Waals surface area contributed by atoms with Crippen LogP contribution in [0.15, 0.2) is 41.5 Å². The SMILES string of the molecule is CCON(SCC)c1ccc(N2CCC3(CC3)C2)c(-c2cn(C)c(=O)c3[nH]ccc23)c1. The van der Waals surface area contributed by atoms with Gasteiger partial charge in [0.15, 0.2) is 0 Å². The van der Waals surface area contributed by atoms with Gasteiger partial charge in [-0.05, 0) is 67.8 Å². The predicted octanol–water partition coefficient (Wildman–Crippen LogP) is 4.95. The molecule has 3 heterocycles. The first kappa shape index (κ1) is 20.5. The van der Waals surface area contributed by atoms with Crippen LogP contribution in [0.25, 0.3) is 22.0 Å². The molecule has 0 atom stereocenters. The summed E-state index contributed by atoms with van der Waals surface area (Å²) in [5.74, 6) is 0.924. The summed E-state index contributed by atoms with van der Waals surface area (Å²) in [7, 11) is 1.82. The first-order valence-electron chi connectivity index (χ1n) is 11.2. The number of nitrogens with zero attached hydrogens (tertiary/aromatic N) is 3. The maximum Gasteiger partial charge on any atom is 0.274 e. The Morgan fingerprint density at radius 1 is 1.19 bits per heavy atom. The zero-order valence-electron chi connectivity index (χ0n) is 18.5. The number of nitrogens with one attached hydrogen (secondary N) is 1. The van der Waals surface area contributed by atoms with Crippen LogP contribution in [0, 0.1) is 5.41 Å². The highest BCUT2D eigenvalue weighted by Crippen LogP contribution is 2.54. The molecule has 0 unspecified atom stereocenters. The third-order valence-electron chi connectivity index (χ3n) is 6.60. The van der Waals surface area contributed by atoms with Gasteiger partial charge in [-0.15, -0.1) is 0 Å². The number of pyridine rings is 1. The minimum absolute atomic E-state index is 0.00274. The van der Waals surface area contributed by atoms with Crippen molar-refractivity contribution in [2.45, 2.75) is 33.1 Å². The number of anilines is 2. The molecule has 1 saturated heterocycles. The van der Waals surface area contributed by atoms with Crippen LogP contribution in [0.4, 0.5) is 11.4 Å². The van der Waals surface area contributed by atoms with Gasteiger partial charge in [-0.1, -0.05) is 6.92 Å². The molecule has 1 N–H and O–H groups in total. The summed E-state index contributed by atoms with van der Waals surface area (Å²) in [6, 6.07) is 8.62. The Morgan fingerprint density at radius 2 is 2.03 bits per heavy atom. The van der Waals surface area contributed by atoms with Gasteiger partial charge in [-0.3, -0.25) is 9.63 Å². The molecule has 31 heavy (non-hydrogen) atoms. The Kier molecular flexibility index (Phi) is 5.26. The van der Waals surface area contributed by atoms with Crippen LogP contribution < -0.4 is 14.9 Å². The van der Waals surface area contributed by atoms with Crippen LogP contribution in [0.3, 0.4) is 0 Å². The van der Waals surface area contributed by atoms with Crippen LogP contribution in [0.2, 0.25) is 0 Å². The monoisotopic (exact) mass is 438 g/mol. The van der Waals surface area contributed by atoms with Crippen molar-refractivity contribution < 1.29 is 4.84 Å². The Labute approximate surface area is 187 Å². The third kappa shape index (κ3) is 3.64. The van der Waals surface area contributed by atoms with Crippen molar-refractivity contribution in [3.63, 3.8) is 0 Å². The third-order valence-corrected chi connectivity index (χ3v) is 7.41. The van der Waals surface area contributed by atoms with Gasteiger partial charge in [0.2, 0.25) is 0 Å². The number of hydrogen-bond acceptors (Lipinski definition) is 5. The average molecular weight is 439 g/mol. The van der Waals surface area contributed by atoms with Crippen LogP contribution in [0.5, 0.6) is 0 Å². The lowest BCUT2D eigenvalue weighted by molar-refractivity contribution is 0.170. The highest BCUT2D eigenvalue weighted by molar-refractivity contribution is 8.00. The van der Waals surface area contributed by atoms with Crippen molar-refractivity contribution in [1.82, 2.24) is 9.55 Å². The van der Waals surface area contributed by atoms with Crippen LogP contribution in [-0.4, -0.2) is 35.0 Å². The molecule has 2 aromatic heterocycles. The van der Waals surface area contributed by atoms with E-state index in [1.807, 2.05) is 36.9 Å². The summed E-state index contributed by atoms with van der Waals surface area (Å²) in [5, 5.41) is 0.966. The van der Waals surface area contributed by atoms with E-state index in [1.165, 1.54) is 24.9 Å². The summed E-state index contributed by atoms with van der Waals surface area (Å²) in [6.07, 6.45) is 7.81. The maximum absolute atomic E-state index is 12.6. The van der Waals surface area contributed by atoms with Crippen LogP contribution in [-0.2, 0) is 11.9 Å². The lowest BCUT2D eigenvalue weighted by Crippen LogP contribution is -2.22. The molecule has 6 nitrogen and oxygen atoms in total. The van der Waals surface area contributed by atoms with E-state index in [9.17, 15) is 4.79 Å². The fourth-order valence-electron chi connectivity index (χ4n) is 4.76. The molecule has 2 aliphatic rings. The molecule has 3 aromatic rings. The normalized spacial score (nSPS) is 17.1. The molecule has 1 aliphatic carbocycles. The van der Waals surface area contributed by atoms with E-state index in [0.717, 1.165) is 41.0 Å². The molecule has 5 rings (SSSR count). The Morgan fingerprint density at radius 3 is 2.74 bits per heavy atom. The highest BCUT2D eigenvalue weighted by atomic mass is 32.2. The van der Waals surface area contributed by atoms with Crippen molar-refractivity contribution >= 4 is 34.2 Å². The maximum atomic E-state index is 12.6. The molecule has 0 bridgehead atoms. The Hall–Kier alpha value is -2.38. The number of H-pyrrole nitrogens is 1. The average Bonchev–Trinajstić information content (AvgIpc) is 3.16. The number of aromatic nitrogens is 2. The van der Waals surface area contributed by atoms with E-state index in [-0.39, 0.29) is 5.56 Å². The smallest absolute Gasteiger partial charge is 0.274 e. The second-order valence-electron chi connectivity index (χ2n) is 8.69. The zero-order valence-corrected chi connectivity index (χ0v) is 19.3. The number of aryl methyl sites for hydroxylation is 1. The van der Waals surface area contributed by atoms with Gasteiger partial charge >= 0.3 is 0 Å². The first-order valence-corrected chi connectivity index (χ1v) is 12.1. The lowest BCUT2D eigenvalue weighted by Gasteiger charge is -2.26. The van der Waals surface area contributed by atoms with Gasteiger partial charge in [-0.2, -0.15) is 4.47 Å². The van der Waals surface area contributed by atoms with Crippen molar-refractivity contribution in [2.24, 2.45) is 12.5 Å². The van der Waals surface area contributed by atoms with Crippen molar-refractivity contribution in [3.8, 4) is 11.1 Å². The molecule has 2 fully saturated rings. The van der Waals surface area contributed by atoms with Crippen molar-refractivity contribution in [1.29, 1.82) is 0 Å². The molecule has 1 spiro atoms. The van der Waals surface area contributed by atoms with E-state index in [4.69, 9.17) is 4.84 Å². The number of rotatable bonds is 7. The first-order chi connectivity index (χ1) is 15.0. The molecule has 1 saturated carbocycles. The fourth-order valence-corrected chi connectivity index (χ4v) is 5.44. The zero-order chi connectivity index (χ0) is 21.6. The van der Waals surface area contributed by atoms with Crippen LogP contribution in [0.1, 0.15) is 33.1 Å². The summed E-state index contributed by atoms with van der Waals surface area (Å²) < 4.78 is 3.59. The van der Waals surface area contributed by atoms with Crippen molar-refractivity contribution in [3.05, 3.63) is 47.0 Å². The quantitative estimate of drug-likeness (QED) is 0.418. The number of aromatic amines is 1. The topological polar surface area (TPSA) is 53.5 Å². The van der Waals surface area contributed by atoms with Gasteiger partial charge in [0.25, 0.3) is 5.56 Å². The van der Waals surface area contributed by atoms with E-state index in [0.29, 0.717) is 17.5 Å². The van der Waals surface area contributed by atoms with Gasteiger partial charge in [0, 0.05) is 60.5 Å². The van der Waals surface area contributed by atoms with E-state index < -0.39 is 0 Å². The minimum Gasteiger partial charge on any atom is -0.370 e. The minimum atomic E-state index is -0.00274. The summed E-state index contributed by atoms with van der Waals surface area (Å²) >= 11 is 1.65.